The maximum atomic E-state index is 10.1. The van der Waals surface area contributed by atoms with E-state index in [2.05, 4.69) is 55.0 Å². The van der Waals surface area contributed by atoms with Crippen molar-refractivity contribution in [3.8, 4) is 0 Å². The summed E-state index contributed by atoms with van der Waals surface area (Å²) in [7, 11) is 2.21. The van der Waals surface area contributed by atoms with Gasteiger partial charge in [-0.25, -0.2) is 4.98 Å². The molecule has 1 aromatic heterocycles. The number of likely N-dealkylation sites (N-methyl/N-ethyl adjacent to an activating group) is 1. The van der Waals surface area contributed by atoms with Crippen LogP contribution in [0.15, 0.2) is 24.3 Å². The molecule has 2 atom stereocenters. The average Bonchev–Trinajstić information content (AvgIpc) is 2.62. The van der Waals surface area contributed by atoms with Gasteiger partial charge in [-0.1, -0.05) is 11.6 Å². The summed E-state index contributed by atoms with van der Waals surface area (Å²) in [5, 5.41) is 11.4. The van der Waals surface area contributed by atoms with Gasteiger partial charge in [0.2, 0.25) is 0 Å². The highest BCUT2D eigenvalue weighted by Gasteiger charge is 2.46. The summed E-state index contributed by atoms with van der Waals surface area (Å²) in [6, 6.07) is 9.15. The fourth-order valence-electron chi connectivity index (χ4n) is 4.88. The lowest BCUT2D eigenvalue weighted by Gasteiger charge is -2.53. The Bertz CT molecular complexity index is 790. The van der Waals surface area contributed by atoms with Gasteiger partial charge in [0.1, 0.15) is 5.82 Å². The highest BCUT2D eigenvalue weighted by atomic mass is 16.3. The normalized spacial score (nSPS) is 27.5. The van der Waals surface area contributed by atoms with Crippen LogP contribution in [0, 0.1) is 19.3 Å². The molecule has 0 radical (unpaired) electrons. The van der Waals surface area contributed by atoms with Crippen LogP contribution in [0.1, 0.15) is 30.4 Å². The molecule has 0 saturated carbocycles. The number of piperidine rings is 2. The van der Waals surface area contributed by atoms with Gasteiger partial charge in [0.05, 0.1) is 12.1 Å². The average molecular weight is 339 g/mol. The molecule has 1 aromatic carbocycles. The zero-order chi connectivity index (χ0) is 17.6. The lowest BCUT2D eigenvalue weighted by molar-refractivity contribution is -0.0277. The molecule has 2 aliphatic heterocycles. The van der Waals surface area contributed by atoms with Gasteiger partial charge in [-0.2, -0.15) is 0 Å². The topological polar surface area (TPSA) is 39.6 Å². The highest BCUT2D eigenvalue weighted by Crippen LogP contribution is 2.42. The lowest BCUT2D eigenvalue weighted by atomic mass is 9.69. The first-order chi connectivity index (χ1) is 12.0. The van der Waals surface area contributed by atoms with Crippen LogP contribution in [-0.4, -0.2) is 54.3 Å². The number of aliphatic hydroxyl groups is 1. The standard InChI is InChI=1S/C21H29N3O/c1-15-5-6-18-17(11-15)16(2)12-20(22-18)24-10-8-21(14-25)7-4-9-23(3)19(21)13-24/h5-6,11-12,19,25H,4,7-10,13-14H2,1-3H3/t19-,21-/m1/s1. The van der Waals surface area contributed by atoms with E-state index in [0.717, 1.165) is 43.8 Å². The quantitative estimate of drug-likeness (QED) is 0.912. The molecule has 4 heteroatoms. The Balaban J connectivity index is 1.67. The van der Waals surface area contributed by atoms with Gasteiger partial charge in [0.15, 0.2) is 0 Å². The summed E-state index contributed by atoms with van der Waals surface area (Å²) in [5.74, 6) is 1.08. The fourth-order valence-corrected chi connectivity index (χ4v) is 4.88. The number of likely N-dealkylation sites (tertiary alicyclic amines) is 1. The molecule has 4 nitrogen and oxygen atoms in total. The van der Waals surface area contributed by atoms with Crippen molar-refractivity contribution in [2.24, 2.45) is 5.41 Å². The Labute approximate surface area is 150 Å². The molecule has 1 N–H and O–H groups in total. The molecule has 2 saturated heterocycles. The zero-order valence-electron chi connectivity index (χ0n) is 15.6. The number of aliphatic hydroxyl groups excluding tert-OH is 1. The van der Waals surface area contributed by atoms with E-state index in [0.29, 0.717) is 12.6 Å². The number of hydrogen-bond acceptors (Lipinski definition) is 4. The van der Waals surface area contributed by atoms with E-state index in [1.54, 1.807) is 0 Å². The number of pyridine rings is 1. The van der Waals surface area contributed by atoms with E-state index in [-0.39, 0.29) is 5.41 Å². The van der Waals surface area contributed by atoms with E-state index < -0.39 is 0 Å². The molecule has 134 valence electrons. The molecule has 0 unspecified atom stereocenters. The Kier molecular flexibility index (Phi) is 4.20. The van der Waals surface area contributed by atoms with Crippen LogP contribution in [0.2, 0.25) is 0 Å². The zero-order valence-corrected chi connectivity index (χ0v) is 15.6. The van der Waals surface area contributed by atoms with Gasteiger partial charge in [-0.05, 0) is 70.5 Å². The fraction of sp³-hybridized carbons (Fsp3) is 0.571. The molecule has 3 heterocycles. The molecule has 0 bridgehead atoms. The van der Waals surface area contributed by atoms with Crippen molar-refractivity contribution in [3.05, 3.63) is 35.4 Å². The van der Waals surface area contributed by atoms with Gasteiger partial charge in [0.25, 0.3) is 0 Å². The van der Waals surface area contributed by atoms with Gasteiger partial charge in [0, 0.05) is 29.9 Å². The van der Waals surface area contributed by atoms with E-state index in [1.165, 1.54) is 22.9 Å². The van der Waals surface area contributed by atoms with Gasteiger partial charge >= 0.3 is 0 Å². The van der Waals surface area contributed by atoms with E-state index >= 15 is 0 Å². The van der Waals surface area contributed by atoms with Crippen molar-refractivity contribution in [3.63, 3.8) is 0 Å². The van der Waals surface area contributed by atoms with Crippen LogP contribution >= 0.6 is 0 Å². The molecule has 0 amide bonds. The number of benzene rings is 1. The molecule has 25 heavy (non-hydrogen) atoms. The van der Waals surface area contributed by atoms with Gasteiger partial charge in [-0.3, -0.25) is 0 Å². The first-order valence-electron chi connectivity index (χ1n) is 9.46. The third-order valence-electron chi connectivity index (χ3n) is 6.49. The molecular formula is C21H29N3O. The van der Waals surface area contributed by atoms with Crippen molar-refractivity contribution < 1.29 is 5.11 Å². The predicted molar refractivity (Wildman–Crippen MR) is 103 cm³/mol. The van der Waals surface area contributed by atoms with E-state index in [9.17, 15) is 5.11 Å². The van der Waals surface area contributed by atoms with E-state index in [4.69, 9.17) is 4.98 Å². The van der Waals surface area contributed by atoms with E-state index in [1.807, 2.05) is 0 Å². The maximum absolute atomic E-state index is 10.1. The van der Waals surface area contributed by atoms with Crippen LogP contribution in [-0.2, 0) is 0 Å². The van der Waals surface area contributed by atoms with Crippen LogP contribution in [0.25, 0.3) is 10.9 Å². The largest absolute Gasteiger partial charge is 0.396 e. The maximum Gasteiger partial charge on any atom is 0.129 e. The Morgan fingerprint density at radius 1 is 1.20 bits per heavy atom. The number of hydrogen-bond donors (Lipinski definition) is 1. The number of fused-ring (bicyclic) bond motifs is 2. The van der Waals surface area contributed by atoms with Gasteiger partial charge in [-0.15, -0.1) is 0 Å². The summed E-state index contributed by atoms with van der Waals surface area (Å²) in [6.45, 7) is 7.69. The molecular weight excluding hydrogens is 310 g/mol. The molecule has 4 rings (SSSR count). The smallest absolute Gasteiger partial charge is 0.129 e. The van der Waals surface area contributed by atoms with Crippen molar-refractivity contribution in [1.29, 1.82) is 0 Å². The van der Waals surface area contributed by atoms with Crippen molar-refractivity contribution >= 4 is 16.7 Å². The minimum Gasteiger partial charge on any atom is -0.396 e. The van der Waals surface area contributed by atoms with Crippen molar-refractivity contribution in [2.45, 2.75) is 39.2 Å². The summed E-state index contributed by atoms with van der Waals surface area (Å²) in [4.78, 5) is 9.83. The SMILES string of the molecule is Cc1ccc2nc(N3CC[C@@]4(CO)CCCN(C)[C@@H]4C3)cc(C)c2c1. The van der Waals surface area contributed by atoms with Crippen molar-refractivity contribution in [2.75, 3.05) is 38.2 Å². The van der Waals surface area contributed by atoms with Crippen LogP contribution in [0.4, 0.5) is 5.82 Å². The number of anilines is 1. The predicted octanol–water partition coefficient (Wildman–Crippen LogP) is 3.13. The second-order valence-corrected chi connectivity index (χ2v) is 8.13. The second-order valence-electron chi connectivity index (χ2n) is 8.13. The number of aromatic nitrogens is 1. The van der Waals surface area contributed by atoms with Crippen LogP contribution in [0.5, 0.6) is 0 Å². The van der Waals surface area contributed by atoms with Crippen molar-refractivity contribution in [1.82, 2.24) is 9.88 Å². The summed E-state index contributed by atoms with van der Waals surface area (Å²) >= 11 is 0. The summed E-state index contributed by atoms with van der Waals surface area (Å²) in [5.41, 5.74) is 3.72. The number of rotatable bonds is 2. The van der Waals surface area contributed by atoms with Crippen LogP contribution in [0.3, 0.4) is 0 Å². The molecule has 2 aromatic rings. The molecule has 2 aliphatic rings. The number of aryl methyl sites for hydroxylation is 2. The minimum atomic E-state index is 0.0759. The molecule has 0 spiro atoms. The van der Waals surface area contributed by atoms with Crippen LogP contribution < -0.4 is 4.90 Å². The van der Waals surface area contributed by atoms with Gasteiger partial charge < -0.3 is 14.9 Å². The summed E-state index contributed by atoms with van der Waals surface area (Å²) < 4.78 is 0. The third-order valence-corrected chi connectivity index (χ3v) is 6.49. The Morgan fingerprint density at radius 2 is 2.04 bits per heavy atom. The summed E-state index contributed by atoms with van der Waals surface area (Å²) in [6.07, 6.45) is 3.39. The Hall–Kier alpha value is -1.65. The monoisotopic (exact) mass is 339 g/mol. The lowest BCUT2D eigenvalue weighted by Crippen LogP contribution is -2.61. The number of nitrogens with zero attached hydrogens (tertiary/aromatic N) is 3. The first-order valence-corrected chi connectivity index (χ1v) is 9.46. The first kappa shape index (κ1) is 16.8. The molecule has 0 aliphatic carbocycles. The minimum absolute atomic E-state index is 0.0759. The second kappa shape index (κ2) is 6.26. The molecule has 2 fully saturated rings. The third kappa shape index (κ3) is 2.81. The Morgan fingerprint density at radius 3 is 2.84 bits per heavy atom. The highest BCUT2D eigenvalue weighted by molar-refractivity contribution is 5.84.